The first kappa shape index (κ1) is 16.0. The summed E-state index contributed by atoms with van der Waals surface area (Å²) in [5.74, 6) is -0.0993. The second kappa shape index (κ2) is 6.43. The monoisotopic (exact) mass is 353 g/mol. The smallest absolute Gasteiger partial charge is 0.222 e. The number of nitrogens with two attached hydrogens (primary N) is 1. The van der Waals surface area contributed by atoms with Gasteiger partial charge in [-0.3, -0.25) is 0 Å². The number of fused-ring (bicyclic) bond motifs is 1. The summed E-state index contributed by atoms with van der Waals surface area (Å²) in [6, 6.07) is 4.75. The summed E-state index contributed by atoms with van der Waals surface area (Å²) < 4.78 is 23.4. The first-order valence-electron chi connectivity index (χ1n) is 7.95. The molecule has 4 aromatic rings. The van der Waals surface area contributed by atoms with Crippen molar-refractivity contribution in [1.82, 2.24) is 29.3 Å². The van der Waals surface area contributed by atoms with Crippen LogP contribution in [0.15, 0.2) is 43.1 Å². The van der Waals surface area contributed by atoms with Crippen LogP contribution >= 0.6 is 0 Å². The number of nitrogens with zero attached hydrogens (tertiary/aromatic N) is 6. The molecule has 0 saturated heterocycles. The van der Waals surface area contributed by atoms with Crippen molar-refractivity contribution in [2.45, 2.75) is 6.54 Å². The number of anilines is 1. The molecule has 0 spiro atoms. The van der Waals surface area contributed by atoms with E-state index < -0.39 is 5.82 Å². The number of ether oxygens (including phenoxy) is 1. The molecule has 2 N–H and O–H groups in total. The minimum absolute atomic E-state index is 0.167. The summed E-state index contributed by atoms with van der Waals surface area (Å²) in [6.07, 6.45) is 6.78. The van der Waals surface area contributed by atoms with E-state index in [1.165, 1.54) is 6.07 Å². The maximum Gasteiger partial charge on any atom is 0.222 e. The van der Waals surface area contributed by atoms with Crippen molar-refractivity contribution in [2.75, 3.05) is 12.3 Å². The van der Waals surface area contributed by atoms with Crippen LogP contribution in [-0.2, 0) is 13.6 Å². The minimum Gasteiger partial charge on any atom is -0.489 e. The van der Waals surface area contributed by atoms with Crippen LogP contribution in [0.2, 0.25) is 0 Å². The summed E-state index contributed by atoms with van der Waals surface area (Å²) >= 11 is 0. The van der Waals surface area contributed by atoms with Crippen LogP contribution in [0.25, 0.3) is 22.3 Å². The summed E-state index contributed by atoms with van der Waals surface area (Å²) in [5, 5.41) is 5.11. The first-order valence-corrected chi connectivity index (χ1v) is 7.95. The molecule has 0 aliphatic rings. The van der Waals surface area contributed by atoms with Crippen molar-refractivity contribution in [3.63, 3.8) is 0 Å². The summed E-state index contributed by atoms with van der Waals surface area (Å²) in [4.78, 5) is 12.1. The second-order valence-corrected chi connectivity index (χ2v) is 5.73. The molecule has 4 rings (SSSR count). The van der Waals surface area contributed by atoms with E-state index in [4.69, 9.17) is 10.5 Å². The topological polar surface area (TPSA) is 96.7 Å². The summed E-state index contributed by atoms with van der Waals surface area (Å²) in [5.41, 5.74) is 7.42. The molecule has 1 aromatic carbocycles. The van der Waals surface area contributed by atoms with E-state index >= 15 is 0 Å². The van der Waals surface area contributed by atoms with Gasteiger partial charge >= 0.3 is 0 Å². The van der Waals surface area contributed by atoms with Gasteiger partial charge in [0.1, 0.15) is 12.3 Å². The number of aryl methyl sites for hydroxylation is 1. The average molecular weight is 353 g/mol. The Balaban J connectivity index is 1.58. The van der Waals surface area contributed by atoms with E-state index in [1.54, 1.807) is 42.6 Å². The van der Waals surface area contributed by atoms with Crippen LogP contribution in [0.5, 0.6) is 5.75 Å². The van der Waals surface area contributed by atoms with Crippen molar-refractivity contribution in [1.29, 1.82) is 0 Å². The molecule has 8 nitrogen and oxygen atoms in total. The van der Waals surface area contributed by atoms with Gasteiger partial charge in [0, 0.05) is 31.2 Å². The Hall–Kier alpha value is -3.49. The largest absolute Gasteiger partial charge is 0.489 e. The van der Waals surface area contributed by atoms with Crippen LogP contribution in [0.3, 0.4) is 0 Å². The van der Waals surface area contributed by atoms with Crippen LogP contribution in [-0.4, -0.2) is 35.9 Å². The average Bonchev–Trinajstić information content (AvgIpc) is 3.25. The second-order valence-electron chi connectivity index (χ2n) is 5.73. The summed E-state index contributed by atoms with van der Waals surface area (Å²) in [6.45, 7) is 0.928. The highest BCUT2D eigenvalue weighted by molar-refractivity contribution is 5.91. The number of hydrogen-bond donors (Lipinski definition) is 1. The molecule has 0 aliphatic heterocycles. The standard InChI is InChI=1S/C17H16FN7O/c1-24-16-12(9-21-17(19)22-16)15(23-24)11-2-3-14(13(18)8-11)26-7-6-25-5-4-20-10-25/h2-5,8-10H,6-7H2,1H3,(H2,19,21,22). The highest BCUT2D eigenvalue weighted by Gasteiger charge is 2.15. The van der Waals surface area contributed by atoms with E-state index in [9.17, 15) is 4.39 Å². The van der Waals surface area contributed by atoms with E-state index in [-0.39, 0.29) is 11.7 Å². The van der Waals surface area contributed by atoms with Gasteiger partial charge in [-0.15, -0.1) is 0 Å². The molecule has 0 radical (unpaired) electrons. The third-order valence-electron chi connectivity index (χ3n) is 3.97. The molecule has 9 heteroatoms. The van der Waals surface area contributed by atoms with Gasteiger partial charge in [0.05, 0.1) is 18.3 Å². The lowest BCUT2D eigenvalue weighted by Crippen LogP contribution is -2.07. The van der Waals surface area contributed by atoms with E-state index in [1.807, 2.05) is 10.8 Å². The molecule has 0 fully saturated rings. The molecule has 26 heavy (non-hydrogen) atoms. The van der Waals surface area contributed by atoms with Crippen LogP contribution < -0.4 is 10.5 Å². The zero-order valence-corrected chi connectivity index (χ0v) is 14.0. The fourth-order valence-corrected chi connectivity index (χ4v) is 2.71. The van der Waals surface area contributed by atoms with Crippen molar-refractivity contribution < 1.29 is 9.13 Å². The van der Waals surface area contributed by atoms with E-state index in [2.05, 4.69) is 20.1 Å². The molecular weight excluding hydrogens is 337 g/mol. The number of imidazole rings is 1. The number of rotatable bonds is 5. The molecule has 3 heterocycles. The zero-order valence-electron chi connectivity index (χ0n) is 14.0. The normalized spacial score (nSPS) is 11.2. The molecule has 132 valence electrons. The fraction of sp³-hybridized carbons (Fsp3) is 0.176. The quantitative estimate of drug-likeness (QED) is 0.590. The number of halogens is 1. The number of aromatic nitrogens is 6. The number of hydrogen-bond acceptors (Lipinski definition) is 6. The Morgan fingerprint density at radius 2 is 2.19 bits per heavy atom. The molecule has 0 atom stereocenters. The third kappa shape index (κ3) is 2.94. The van der Waals surface area contributed by atoms with E-state index in [0.29, 0.717) is 35.4 Å². The zero-order chi connectivity index (χ0) is 18.1. The molecule has 0 aliphatic carbocycles. The number of nitrogen functional groups attached to an aromatic ring is 1. The first-order chi connectivity index (χ1) is 12.6. The van der Waals surface area contributed by atoms with Gasteiger partial charge in [-0.25, -0.2) is 19.0 Å². The molecule has 0 amide bonds. The van der Waals surface area contributed by atoms with Crippen LogP contribution in [0, 0.1) is 5.82 Å². The Kier molecular flexibility index (Phi) is 3.96. The van der Waals surface area contributed by atoms with Gasteiger partial charge in [-0.05, 0) is 18.2 Å². The molecule has 3 aromatic heterocycles. The summed E-state index contributed by atoms with van der Waals surface area (Å²) in [7, 11) is 1.75. The van der Waals surface area contributed by atoms with Crippen molar-refractivity contribution in [3.05, 3.63) is 48.9 Å². The molecule has 0 saturated carbocycles. The molecular formula is C17H16FN7O. The maximum atomic E-state index is 14.4. The highest BCUT2D eigenvalue weighted by Crippen LogP contribution is 2.29. The lowest BCUT2D eigenvalue weighted by molar-refractivity contribution is 0.284. The van der Waals surface area contributed by atoms with Gasteiger partial charge in [0.15, 0.2) is 17.2 Å². The lowest BCUT2D eigenvalue weighted by Gasteiger charge is -2.08. The lowest BCUT2D eigenvalue weighted by atomic mass is 10.1. The van der Waals surface area contributed by atoms with Crippen LogP contribution in [0.1, 0.15) is 0 Å². The molecule has 0 unspecified atom stereocenters. The van der Waals surface area contributed by atoms with E-state index in [0.717, 1.165) is 0 Å². The van der Waals surface area contributed by atoms with Crippen molar-refractivity contribution in [2.24, 2.45) is 7.05 Å². The molecule has 0 bridgehead atoms. The SMILES string of the molecule is Cn1nc(-c2ccc(OCCn3ccnc3)c(F)c2)c2cnc(N)nc21. The van der Waals surface area contributed by atoms with Gasteiger partial charge < -0.3 is 15.0 Å². The minimum atomic E-state index is -0.455. The highest BCUT2D eigenvalue weighted by atomic mass is 19.1. The fourth-order valence-electron chi connectivity index (χ4n) is 2.71. The predicted molar refractivity (Wildman–Crippen MR) is 93.8 cm³/mol. The maximum absolute atomic E-state index is 14.4. The van der Waals surface area contributed by atoms with Gasteiger partial charge in [-0.1, -0.05) is 0 Å². The third-order valence-corrected chi connectivity index (χ3v) is 3.97. The van der Waals surface area contributed by atoms with Gasteiger partial charge in [-0.2, -0.15) is 10.1 Å². The Morgan fingerprint density at radius 3 is 2.96 bits per heavy atom. The van der Waals surface area contributed by atoms with Crippen molar-refractivity contribution >= 4 is 17.0 Å². The Labute approximate surface area is 148 Å². The Bertz CT molecular complexity index is 1060. The predicted octanol–water partition coefficient (Wildman–Crippen LogP) is 2.03. The van der Waals surface area contributed by atoms with Crippen LogP contribution in [0.4, 0.5) is 10.3 Å². The Morgan fingerprint density at radius 1 is 1.31 bits per heavy atom. The van der Waals surface area contributed by atoms with Gasteiger partial charge in [0.2, 0.25) is 5.95 Å². The number of benzene rings is 1. The van der Waals surface area contributed by atoms with Crippen molar-refractivity contribution in [3.8, 4) is 17.0 Å². The van der Waals surface area contributed by atoms with Gasteiger partial charge in [0.25, 0.3) is 0 Å².